The van der Waals surface area contributed by atoms with Crippen LogP contribution < -0.4 is 0 Å². The molecular weight excluding hydrogens is 452 g/mol. The number of benzene rings is 3. The lowest BCUT2D eigenvalue weighted by atomic mass is 9.94. The monoisotopic (exact) mass is 488 g/mol. The van der Waals surface area contributed by atoms with E-state index in [0.29, 0.717) is 31.8 Å². The Morgan fingerprint density at radius 2 is 1.64 bits per heavy atom. The van der Waals surface area contributed by atoms with Crippen LogP contribution in [0, 0.1) is 5.92 Å². The molecule has 0 spiro atoms. The van der Waals surface area contributed by atoms with E-state index in [1.54, 1.807) is 17.0 Å². The highest BCUT2D eigenvalue weighted by atomic mass is 16.5. The van der Waals surface area contributed by atoms with Gasteiger partial charge in [0, 0.05) is 31.1 Å². The smallest absolute Gasteiger partial charge is 0.254 e. The predicted octanol–water partition coefficient (Wildman–Crippen LogP) is 4.55. The zero-order chi connectivity index (χ0) is 25.7. The molecule has 3 aromatic rings. The lowest BCUT2D eigenvalue weighted by Gasteiger charge is -2.35. The number of carbonyl (C=O) groups is 1. The van der Waals surface area contributed by atoms with Gasteiger partial charge in [-0.25, -0.2) is 0 Å². The van der Waals surface area contributed by atoms with Crippen molar-refractivity contribution in [1.82, 2.24) is 9.80 Å². The molecule has 3 atom stereocenters. The maximum Gasteiger partial charge on any atom is 0.254 e. The number of phenolic OH excluding ortho intramolecular Hbond substituents is 1. The van der Waals surface area contributed by atoms with Crippen molar-refractivity contribution in [2.75, 3.05) is 26.7 Å². The second kappa shape index (κ2) is 11.7. The summed E-state index contributed by atoms with van der Waals surface area (Å²) >= 11 is 0. The van der Waals surface area contributed by atoms with E-state index in [2.05, 4.69) is 24.9 Å². The van der Waals surface area contributed by atoms with E-state index in [-0.39, 0.29) is 36.3 Å². The molecule has 1 heterocycles. The molecule has 0 bridgehead atoms. The number of fused-ring (bicyclic) bond motifs is 3. The number of phenols is 1. The largest absolute Gasteiger partial charge is 0.508 e. The fourth-order valence-corrected chi connectivity index (χ4v) is 4.84. The van der Waals surface area contributed by atoms with Crippen molar-refractivity contribution in [2.45, 2.75) is 39.1 Å². The van der Waals surface area contributed by atoms with Crippen LogP contribution in [0.1, 0.15) is 35.3 Å². The fraction of sp³-hybridized carbons (Fsp3) is 0.367. The number of nitrogens with zero attached hydrogens (tertiary/aromatic N) is 2. The maximum absolute atomic E-state index is 13.9. The summed E-state index contributed by atoms with van der Waals surface area (Å²) in [6, 6.07) is 22.7. The van der Waals surface area contributed by atoms with Gasteiger partial charge in [0.1, 0.15) is 5.75 Å². The molecular formula is C30H36N2O4. The average molecular weight is 489 g/mol. The van der Waals surface area contributed by atoms with E-state index in [4.69, 9.17) is 4.74 Å². The number of aliphatic hydroxyl groups excluding tert-OH is 1. The van der Waals surface area contributed by atoms with E-state index in [0.717, 1.165) is 22.3 Å². The molecule has 0 saturated carbocycles. The lowest BCUT2D eigenvalue weighted by molar-refractivity contribution is -0.0241. The SMILES string of the molecule is C[C@H]1CN([C@@H](C)CO)C(=O)c2ccccc2-c2ccccc2CO[C@H]1CN(C)Cc1ccc(O)cc1. The average Bonchev–Trinajstić information content (AvgIpc) is 2.91. The molecule has 1 amide bonds. The van der Waals surface area contributed by atoms with E-state index < -0.39 is 0 Å². The van der Waals surface area contributed by atoms with E-state index in [9.17, 15) is 15.0 Å². The van der Waals surface area contributed by atoms with Crippen LogP contribution in [0.15, 0.2) is 72.8 Å². The second-order valence-electron chi connectivity index (χ2n) is 9.88. The number of amides is 1. The standard InChI is InChI=1S/C30H36N2O4/c1-21-16-32(22(2)19-33)30(35)28-11-7-6-10-27(28)26-9-5-4-8-24(26)20-36-29(21)18-31(3)17-23-12-14-25(34)15-13-23/h4-15,21-22,29,33-34H,16-20H2,1-3H3/t21-,22-,29-/m0/s1. The number of aliphatic hydroxyl groups is 1. The third-order valence-electron chi connectivity index (χ3n) is 6.97. The first-order chi connectivity index (χ1) is 17.4. The first-order valence-electron chi connectivity index (χ1n) is 12.5. The van der Waals surface area contributed by atoms with E-state index in [1.165, 1.54) is 0 Å². The number of hydrogen-bond donors (Lipinski definition) is 2. The minimum Gasteiger partial charge on any atom is -0.508 e. The normalized spacial score (nSPS) is 19.4. The molecule has 190 valence electrons. The molecule has 0 radical (unpaired) electrons. The third-order valence-corrected chi connectivity index (χ3v) is 6.97. The zero-order valence-corrected chi connectivity index (χ0v) is 21.3. The zero-order valence-electron chi connectivity index (χ0n) is 21.3. The van der Waals surface area contributed by atoms with Gasteiger partial charge in [-0.1, -0.05) is 61.5 Å². The summed E-state index contributed by atoms with van der Waals surface area (Å²) in [5.41, 5.74) is 4.66. The summed E-state index contributed by atoms with van der Waals surface area (Å²) in [4.78, 5) is 17.9. The van der Waals surface area contributed by atoms with Crippen molar-refractivity contribution < 1.29 is 19.7 Å². The highest BCUT2D eigenvalue weighted by Gasteiger charge is 2.30. The van der Waals surface area contributed by atoms with Gasteiger partial charge >= 0.3 is 0 Å². The summed E-state index contributed by atoms with van der Waals surface area (Å²) in [5, 5.41) is 19.6. The van der Waals surface area contributed by atoms with Gasteiger partial charge in [0.05, 0.1) is 25.4 Å². The minimum atomic E-state index is -0.320. The van der Waals surface area contributed by atoms with Crippen LogP contribution in [-0.2, 0) is 17.9 Å². The number of rotatable bonds is 6. The molecule has 6 heteroatoms. The van der Waals surface area contributed by atoms with Crippen molar-refractivity contribution >= 4 is 5.91 Å². The van der Waals surface area contributed by atoms with Crippen LogP contribution in [0.5, 0.6) is 5.75 Å². The minimum absolute atomic E-state index is 0.0302. The van der Waals surface area contributed by atoms with Crippen molar-refractivity contribution in [2.24, 2.45) is 5.92 Å². The fourth-order valence-electron chi connectivity index (χ4n) is 4.84. The van der Waals surface area contributed by atoms with Gasteiger partial charge in [-0.05, 0) is 54.4 Å². The molecule has 1 aliphatic rings. The molecule has 0 fully saturated rings. The van der Waals surface area contributed by atoms with Gasteiger partial charge in [0.15, 0.2) is 0 Å². The van der Waals surface area contributed by atoms with Crippen molar-refractivity contribution in [1.29, 1.82) is 0 Å². The van der Waals surface area contributed by atoms with E-state index >= 15 is 0 Å². The van der Waals surface area contributed by atoms with Gasteiger partial charge < -0.3 is 19.8 Å². The second-order valence-corrected chi connectivity index (χ2v) is 9.88. The van der Waals surface area contributed by atoms with Crippen LogP contribution in [-0.4, -0.2) is 64.8 Å². The quantitative estimate of drug-likeness (QED) is 0.533. The van der Waals surface area contributed by atoms with Gasteiger partial charge in [-0.2, -0.15) is 0 Å². The summed E-state index contributed by atoms with van der Waals surface area (Å²) in [5.74, 6) is 0.207. The first kappa shape index (κ1) is 25.9. The Labute approximate surface area is 213 Å². The molecule has 6 nitrogen and oxygen atoms in total. The Bertz CT molecular complexity index is 1160. The summed E-state index contributed by atoms with van der Waals surface area (Å²) in [6.07, 6.45) is -0.137. The summed E-state index contributed by atoms with van der Waals surface area (Å²) in [7, 11) is 2.05. The predicted molar refractivity (Wildman–Crippen MR) is 142 cm³/mol. The molecule has 1 aliphatic heterocycles. The summed E-state index contributed by atoms with van der Waals surface area (Å²) in [6.45, 7) is 6.19. The van der Waals surface area contributed by atoms with Crippen LogP contribution in [0.25, 0.3) is 11.1 Å². The molecule has 36 heavy (non-hydrogen) atoms. The van der Waals surface area contributed by atoms with Crippen molar-refractivity contribution in [3.05, 3.63) is 89.5 Å². The van der Waals surface area contributed by atoms with Crippen LogP contribution in [0.3, 0.4) is 0 Å². The van der Waals surface area contributed by atoms with E-state index in [1.807, 2.05) is 61.5 Å². The van der Waals surface area contributed by atoms with Crippen molar-refractivity contribution in [3.63, 3.8) is 0 Å². The first-order valence-corrected chi connectivity index (χ1v) is 12.5. The Morgan fingerprint density at radius 3 is 2.33 bits per heavy atom. The maximum atomic E-state index is 13.9. The number of likely N-dealkylation sites (N-methyl/N-ethyl adjacent to an activating group) is 1. The van der Waals surface area contributed by atoms with Gasteiger partial charge in [-0.15, -0.1) is 0 Å². The molecule has 0 aromatic heterocycles. The molecule has 0 aliphatic carbocycles. The van der Waals surface area contributed by atoms with Crippen LogP contribution >= 0.6 is 0 Å². The molecule has 4 rings (SSSR count). The van der Waals surface area contributed by atoms with Gasteiger partial charge in [0.25, 0.3) is 5.91 Å². The van der Waals surface area contributed by atoms with Crippen LogP contribution in [0.2, 0.25) is 0 Å². The molecule has 0 unspecified atom stereocenters. The Balaban J connectivity index is 1.67. The third kappa shape index (κ3) is 5.95. The number of hydrogen-bond acceptors (Lipinski definition) is 5. The molecule has 0 saturated heterocycles. The van der Waals surface area contributed by atoms with Gasteiger partial charge in [-0.3, -0.25) is 9.69 Å². The highest BCUT2D eigenvalue weighted by molar-refractivity contribution is 6.01. The van der Waals surface area contributed by atoms with Crippen molar-refractivity contribution in [3.8, 4) is 16.9 Å². The lowest BCUT2D eigenvalue weighted by Crippen LogP contribution is -2.47. The molecule has 2 N–H and O–H groups in total. The highest BCUT2D eigenvalue weighted by Crippen LogP contribution is 2.31. The Kier molecular flexibility index (Phi) is 8.41. The number of aromatic hydroxyl groups is 1. The van der Waals surface area contributed by atoms with Crippen LogP contribution in [0.4, 0.5) is 0 Å². The number of carbonyl (C=O) groups excluding carboxylic acids is 1. The number of ether oxygens (including phenoxy) is 1. The topological polar surface area (TPSA) is 73.2 Å². The van der Waals surface area contributed by atoms with Gasteiger partial charge in [0.2, 0.25) is 0 Å². The Hall–Kier alpha value is -3.19. The Morgan fingerprint density at radius 1 is 1.00 bits per heavy atom. The summed E-state index contributed by atoms with van der Waals surface area (Å²) < 4.78 is 6.57. The molecule has 3 aromatic carbocycles.